The summed E-state index contributed by atoms with van der Waals surface area (Å²) in [5, 5.41) is 0. The fourth-order valence-electron chi connectivity index (χ4n) is 2.00. The van der Waals surface area contributed by atoms with Gasteiger partial charge in [-0.05, 0) is 74.7 Å². The highest BCUT2D eigenvalue weighted by atomic mass is 16.7. The third kappa shape index (κ3) is 13.2. The summed E-state index contributed by atoms with van der Waals surface area (Å²) in [5.74, 6) is 0. The van der Waals surface area contributed by atoms with Crippen LogP contribution in [0, 0.1) is 0 Å². The van der Waals surface area contributed by atoms with Gasteiger partial charge in [0.05, 0.1) is 24.4 Å². The lowest BCUT2D eigenvalue weighted by molar-refractivity contribution is -0.197. The van der Waals surface area contributed by atoms with Gasteiger partial charge in [-0.25, -0.2) is 0 Å². The second-order valence-electron chi connectivity index (χ2n) is 6.53. The van der Waals surface area contributed by atoms with Crippen LogP contribution in [0.25, 0.3) is 0 Å². The molecule has 0 aromatic heterocycles. The monoisotopic (exact) mass is 304 g/mol. The highest BCUT2D eigenvalue weighted by Crippen LogP contribution is 2.16. The Kier molecular flexibility index (Phi) is 11.3. The van der Waals surface area contributed by atoms with Gasteiger partial charge in [-0.3, -0.25) is 0 Å². The molecule has 0 bridgehead atoms. The highest BCUT2D eigenvalue weighted by Gasteiger charge is 2.17. The molecule has 0 aromatic rings. The topological polar surface area (TPSA) is 36.9 Å². The van der Waals surface area contributed by atoms with Gasteiger partial charge in [0.1, 0.15) is 0 Å². The molecule has 0 fully saturated rings. The average Bonchev–Trinajstić information content (AvgIpc) is 2.24. The maximum absolute atomic E-state index is 5.80. The summed E-state index contributed by atoms with van der Waals surface area (Å²) in [4.78, 5) is 0. The van der Waals surface area contributed by atoms with Gasteiger partial charge in [-0.1, -0.05) is 0 Å². The standard InChI is InChI=1S/C17H36O4/c1-12(2)18-16(19-13(3)4)10-9-11-17(20-14(5)6)21-15(7)8/h12-17H,9-11H2,1-8H3. The Morgan fingerprint density at radius 3 is 0.905 bits per heavy atom. The summed E-state index contributed by atoms with van der Waals surface area (Å²) in [6.07, 6.45) is 3.05. The van der Waals surface area contributed by atoms with E-state index in [0.717, 1.165) is 19.3 Å². The minimum absolute atomic E-state index is 0.149. The third-order valence-corrected chi connectivity index (χ3v) is 2.58. The Bertz CT molecular complexity index is 195. The summed E-state index contributed by atoms with van der Waals surface area (Å²) in [6, 6.07) is 0. The first-order valence-electron chi connectivity index (χ1n) is 8.32. The first-order valence-corrected chi connectivity index (χ1v) is 8.32. The van der Waals surface area contributed by atoms with Crippen LogP contribution in [0.15, 0.2) is 0 Å². The minimum Gasteiger partial charge on any atom is -0.350 e. The Hall–Kier alpha value is -0.160. The molecule has 4 heteroatoms. The van der Waals surface area contributed by atoms with Crippen molar-refractivity contribution in [3.05, 3.63) is 0 Å². The quantitative estimate of drug-likeness (QED) is 0.497. The molecule has 0 aliphatic heterocycles. The first-order chi connectivity index (χ1) is 9.70. The smallest absolute Gasteiger partial charge is 0.158 e. The van der Waals surface area contributed by atoms with Crippen molar-refractivity contribution in [1.29, 1.82) is 0 Å². The molecule has 0 amide bonds. The average molecular weight is 304 g/mol. The summed E-state index contributed by atoms with van der Waals surface area (Å²) in [7, 11) is 0. The largest absolute Gasteiger partial charge is 0.350 e. The lowest BCUT2D eigenvalue weighted by atomic mass is 10.2. The summed E-state index contributed by atoms with van der Waals surface area (Å²) in [6.45, 7) is 16.2. The van der Waals surface area contributed by atoms with Crippen LogP contribution < -0.4 is 0 Å². The van der Waals surface area contributed by atoms with Crippen LogP contribution in [0.4, 0.5) is 0 Å². The fraction of sp³-hybridized carbons (Fsp3) is 1.00. The molecule has 0 saturated carbocycles. The molecule has 0 N–H and O–H groups in total. The van der Waals surface area contributed by atoms with Crippen LogP contribution in [0.1, 0.15) is 74.7 Å². The highest BCUT2D eigenvalue weighted by molar-refractivity contribution is 4.56. The SMILES string of the molecule is CC(C)OC(CCCC(OC(C)C)OC(C)C)OC(C)C. The van der Waals surface area contributed by atoms with Crippen molar-refractivity contribution >= 4 is 0 Å². The molecule has 0 heterocycles. The van der Waals surface area contributed by atoms with Gasteiger partial charge in [-0.2, -0.15) is 0 Å². The van der Waals surface area contributed by atoms with E-state index >= 15 is 0 Å². The van der Waals surface area contributed by atoms with Gasteiger partial charge in [0, 0.05) is 0 Å². The van der Waals surface area contributed by atoms with Gasteiger partial charge in [0.15, 0.2) is 12.6 Å². The van der Waals surface area contributed by atoms with Gasteiger partial charge in [0.2, 0.25) is 0 Å². The summed E-state index contributed by atoms with van der Waals surface area (Å²) in [5.41, 5.74) is 0. The number of hydrogen-bond donors (Lipinski definition) is 0. The molecule has 0 rings (SSSR count). The Morgan fingerprint density at radius 1 is 0.476 bits per heavy atom. The van der Waals surface area contributed by atoms with E-state index < -0.39 is 0 Å². The van der Waals surface area contributed by atoms with E-state index in [-0.39, 0.29) is 37.0 Å². The van der Waals surface area contributed by atoms with Crippen LogP contribution in [0.5, 0.6) is 0 Å². The predicted octanol–water partition coefficient (Wildman–Crippen LogP) is 4.51. The zero-order chi connectivity index (χ0) is 16.4. The Labute approximate surface area is 131 Å². The van der Waals surface area contributed by atoms with E-state index in [1.807, 2.05) is 55.4 Å². The third-order valence-electron chi connectivity index (χ3n) is 2.58. The maximum Gasteiger partial charge on any atom is 0.158 e. The van der Waals surface area contributed by atoms with Crippen molar-refractivity contribution in [2.45, 2.75) is 112 Å². The van der Waals surface area contributed by atoms with Gasteiger partial charge in [-0.15, -0.1) is 0 Å². The molecule has 0 aliphatic rings. The molecular formula is C17H36O4. The molecule has 4 nitrogen and oxygen atoms in total. The zero-order valence-electron chi connectivity index (χ0n) is 15.2. The Morgan fingerprint density at radius 2 is 0.714 bits per heavy atom. The molecule has 128 valence electrons. The molecule has 0 unspecified atom stereocenters. The van der Waals surface area contributed by atoms with E-state index in [1.165, 1.54) is 0 Å². The van der Waals surface area contributed by atoms with Crippen molar-refractivity contribution < 1.29 is 18.9 Å². The Balaban J connectivity index is 4.21. The molecular weight excluding hydrogens is 268 g/mol. The summed E-state index contributed by atoms with van der Waals surface area (Å²) >= 11 is 0. The maximum atomic E-state index is 5.80. The molecule has 0 saturated heterocycles. The number of rotatable bonds is 12. The lowest BCUT2D eigenvalue weighted by Crippen LogP contribution is -2.27. The summed E-state index contributed by atoms with van der Waals surface area (Å²) < 4.78 is 23.2. The van der Waals surface area contributed by atoms with Crippen molar-refractivity contribution in [1.82, 2.24) is 0 Å². The van der Waals surface area contributed by atoms with Crippen molar-refractivity contribution in [2.75, 3.05) is 0 Å². The van der Waals surface area contributed by atoms with E-state index in [1.54, 1.807) is 0 Å². The van der Waals surface area contributed by atoms with E-state index in [4.69, 9.17) is 18.9 Å². The molecule has 21 heavy (non-hydrogen) atoms. The number of hydrogen-bond acceptors (Lipinski definition) is 4. The van der Waals surface area contributed by atoms with Crippen molar-refractivity contribution in [3.63, 3.8) is 0 Å². The van der Waals surface area contributed by atoms with E-state index in [9.17, 15) is 0 Å². The van der Waals surface area contributed by atoms with Crippen molar-refractivity contribution in [3.8, 4) is 0 Å². The van der Waals surface area contributed by atoms with Gasteiger partial charge >= 0.3 is 0 Å². The molecule has 0 aliphatic carbocycles. The molecule has 0 radical (unpaired) electrons. The van der Waals surface area contributed by atoms with Crippen LogP contribution >= 0.6 is 0 Å². The molecule has 0 aromatic carbocycles. The van der Waals surface area contributed by atoms with Crippen LogP contribution in [-0.4, -0.2) is 37.0 Å². The predicted molar refractivity (Wildman–Crippen MR) is 86.3 cm³/mol. The van der Waals surface area contributed by atoms with Gasteiger partial charge in [0.25, 0.3) is 0 Å². The second-order valence-corrected chi connectivity index (χ2v) is 6.53. The molecule has 0 spiro atoms. The number of ether oxygens (including phenoxy) is 4. The van der Waals surface area contributed by atoms with Crippen LogP contribution in [-0.2, 0) is 18.9 Å². The van der Waals surface area contributed by atoms with Gasteiger partial charge < -0.3 is 18.9 Å². The van der Waals surface area contributed by atoms with Crippen LogP contribution in [0.3, 0.4) is 0 Å². The minimum atomic E-state index is -0.149. The van der Waals surface area contributed by atoms with Crippen molar-refractivity contribution in [2.24, 2.45) is 0 Å². The zero-order valence-corrected chi connectivity index (χ0v) is 15.2. The van der Waals surface area contributed by atoms with E-state index in [0.29, 0.717) is 0 Å². The second kappa shape index (κ2) is 11.4. The normalized spacial score (nSPS) is 12.9. The lowest BCUT2D eigenvalue weighted by Gasteiger charge is -2.25. The molecule has 0 atom stereocenters. The van der Waals surface area contributed by atoms with Crippen LogP contribution in [0.2, 0.25) is 0 Å². The van der Waals surface area contributed by atoms with E-state index in [2.05, 4.69) is 0 Å². The first kappa shape index (κ1) is 20.8. The fourth-order valence-corrected chi connectivity index (χ4v) is 2.00.